The van der Waals surface area contributed by atoms with Crippen molar-refractivity contribution < 1.29 is 9.53 Å². The largest absolute Gasteiger partial charge is 0.378 e. The Morgan fingerprint density at radius 3 is 2.50 bits per heavy atom. The van der Waals surface area contributed by atoms with E-state index in [1.807, 2.05) is 27.9 Å². The predicted octanol–water partition coefficient (Wildman–Crippen LogP) is 1.10. The Labute approximate surface area is 107 Å². The van der Waals surface area contributed by atoms with Crippen LogP contribution in [0.3, 0.4) is 0 Å². The van der Waals surface area contributed by atoms with Gasteiger partial charge in [0, 0.05) is 13.1 Å². The van der Waals surface area contributed by atoms with Crippen molar-refractivity contribution in [2.24, 2.45) is 5.92 Å². The van der Waals surface area contributed by atoms with Gasteiger partial charge in [0.15, 0.2) is 0 Å². The number of carbonyl (C=O) groups excluding carboxylic acids is 1. The van der Waals surface area contributed by atoms with E-state index in [9.17, 15) is 4.79 Å². The predicted molar refractivity (Wildman–Crippen MR) is 69.9 cm³/mol. The van der Waals surface area contributed by atoms with Gasteiger partial charge in [0.2, 0.25) is 5.91 Å². The molecule has 16 heavy (non-hydrogen) atoms. The molecule has 0 spiro atoms. The molecular weight excluding hydrogens is 272 g/mol. The molecule has 0 aliphatic carbocycles. The lowest BCUT2D eigenvalue weighted by Crippen LogP contribution is -2.36. The summed E-state index contributed by atoms with van der Waals surface area (Å²) in [6, 6.07) is 0. The maximum atomic E-state index is 11.5. The normalized spacial score (nSPS) is 13.2. The Morgan fingerprint density at radius 1 is 1.38 bits per heavy atom. The Balaban J connectivity index is 3.41. The van der Waals surface area contributed by atoms with Crippen molar-refractivity contribution in [2.45, 2.75) is 18.7 Å². The lowest BCUT2D eigenvalue weighted by Gasteiger charge is -2.14. The number of amides is 1. The third-order valence-electron chi connectivity index (χ3n) is 2.06. The van der Waals surface area contributed by atoms with Gasteiger partial charge in [-0.25, -0.2) is 0 Å². The van der Waals surface area contributed by atoms with Crippen LogP contribution in [-0.4, -0.2) is 56.0 Å². The second-order valence-corrected chi connectivity index (χ2v) is 5.34. The van der Waals surface area contributed by atoms with Crippen molar-refractivity contribution >= 4 is 21.8 Å². The lowest BCUT2D eigenvalue weighted by molar-refractivity contribution is -0.121. The summed E-state index contributed by atoms with van der Waals surface area (Å²) in [6.45, 7) is 6.75. The van der Waals surface area contributed by atoms with Crippen molar-refractivity contribution in [1.82, 2.24) is 10.2 Å². The minimum absolute atomic E-state index is 0.0335. The molecule has 0 aromatic rings. The fraction of sp³-hybridized carbons (Fsp3) is 0.909. The molecule has 0 aliphatic rings. The molecule has 0 fully saturated rings. The molecule has 0 heterocycles. The van der Waals surface area contributed by atoms with Crippen LogP contribution in [-0.2, 0) is 9.53 Å². The van der Waals surface area contributed by atoms with E-state index in [2.05, 4.69) is 26.1 Å². The number of carbonyl (C=O) groups is 1. The molecule has 0 aromatic heterocycles. The van der Waals surface area contributed by atoms with Gasteiger partial charge in [-0.3, -0.25) is 4.79 Å². The topological polar surface area (TPSA) is 41.6 Å². The standard InChI is InChI=1S/C11H23BrN2O2/c1-9(2)10(12)11(15)13-5-7-16-8-6-14(3)4/h9-10H,5-8H2,1-4H3,(H,13,15). The van der Waals surface area contributed by atoms with Crippen molar-refractivity contribution in [1.29, 1.82) is 0 Å². The van der Waals surface area contributed by atoms with Crippen LogP contribution in [0.1, 0.15) is 13.8 Å². The number of alkyl halides is 1. The molecule has 0 aromatic carbocycles. The number of hydrogen-bond donors (Lipinski definition) is 1. The number of likely N-dealkylation sites (N-methyl/N-ethyl adjacent to an activating group) is 1. The molecule has 1 unspecified atom stereocenters. The Bertz CT molecular complexity index is 198. The number of nitrogens with one attached hydrogen (secondary N) is 1. The van der Waals surface area contributed by atoms with Crippen LogP contribution < -0.4 is 5.32 Å². The molecule has 4 nitrogen and oxygen atoms in total. The minimum Gasteiger partial charge on any atom is -0.378 e. The molecule has 0 rings (SSSR count). The molecule has 1 amide bonds. The zero-order valence-corrected chi connectivity index (χ0v) is 12.2. The first-order valence-electron chi connectivity index (χ1n) is 5.59. The van der Waals surface area contributed by atoms with E-state index in [0.717, 1.165) is 6.54 Å². The molecule has 0 bridgehead atoms. The minimum atomic E-state index is -0.116. The van der Waals surface area contributed by atoms with Crippen molar-refractivity contribution in [3.63, 3.8) is 0 Å². The number of rotatable bonds is 8. The van der Waals surface area contributed by atoms with Gasteiger partial charge >= 0.3 is 0 Å². The fourth-order valence-corrected chi connectivity index (χ4v) is 1.16. The Kier molecular flexibility index (Phi) is 8.89. The smallest absolute Gasteiger partial charge is 0.234 e. The van der Waals surface area contributed by atoms with E-state index >= 15 is 0 Å². The summed E-state index contributed by atoms with van der Waals surface area (Å²) in [5.41, 5.74) is 0. The van der Waals surface area contributed by atoms with Crippen molar-refractivity contribution in [3.8, 4) is 0 Å². The summed E-state index contributed by atoms with van der Waals surface area (Å²) in [6.07, 6.45) is 0. The first-order valence-corrected chi connectivity index (χ1v) is 6.51. The third-order valence-corrected chi connectivity index (χ3v) is 3.54. The van der Waals surface area contributed by atoms with Crippen LogP contribution in [0.4, 0.5) is 0 Å². The van der Waals surface area contributed by atoms with Gasteiger partial charge in [-0.2, -0.15) is 0 Å². The summed E-state index contributed by atoms with van der Waals surface area (Å²) in [7, 11) is 4.01. The Morgan fingerprint density at radius 2 is 2.00 bits per heavy atom. The third kappa shape index (κ3) is 8.07. The van der Waals surface area contributed by atoms with E-state index in [-0.39, 0.29) is 10.7 Å². The number of hydrogen-bond acceptors (Lipinski definition) is 3. The highest BCUT2D eigenvalue weighted by molar-refractivity contribution is 9.10. The second-order valence-electron chi connectivity index (χ2n) is 4.35. The molecule has 1 N–H and O–H groups in total. The van der Waals surface area contributed by atoms with Crippen LogP contribution in [0.5, 0.6) is 0 Å². The van der Waals surface area contributed by atoms with Crippen molar-refractivity contribution in [2.75, 3.05) is 40.4 Å². The van der Waals surface area contributed by atoms with E-state index in [1.54, 1.807) is 0 Å². The molecule has 5 heteroatoms. The number of halogens is 1. The van der Waals surface area contributed by atoms with Gasteiger partial charge in [0.25, 0.3) is 0 Å². The highest BCUT2D eigenvalue weighted by atomic mass is 79.9. The van der Waals surface area contributed by atoms with E-state index in [0.29, 0.717) is 25.7 Å². The second kappa shape index (κ2) is 8.96. The van der Waals surface area contributed by atoms with E-state index in [1.165, 1.54) is 0 Å². The molecule has 0 radical (unpaired) electrons. The average molecular weight is 295 g/mol. The molecule has 1 atom stereocenters. The van der Waals surface area contributed by atoms with Crippen LogP contribution in [0, 0.1) is 5.92 Å². The van der Waals surface area contributed by atoms with Gasteiger partial charge in [-0.1, -0.05) is 29.8 Å². The summed E-state index contributed by atoms with van der Waals surface area (Å²) in [4.78, 5) is 13.4. The van der Waals surface area contributed by atoms with Crippen LogP contribution in [0.15, 0.2) is 0 Å². The highest BCUT2D eigenvalue weighted by Gasteiger charge is 2.17. The van der Waals surface area contributed by atoms with Crippen molar-refractivity contribution in [3.05, 3.63) is 0 Å². The van der Waals surface area contributed by atoms with Crippen LogP contribution in [0.25, 0.3) is 0 Å². The van der Waals surface area contributed by atoms with Crippen LogP contribution >= 0.6 is 15.9 Å². The van der Waals surface area contributed by atoms with Gasteiger partial charge in [-0.05, 0) is 20.0 Å². The summed E-state index contributed by atoms with van der Waals surface area (Å²) in [5.74, 6) is 0.334. The van der Waals surface area contributed by atoms with Gasteiger partial charge in [-0.15, -0.1) is 0 Å². The van der Waals surface area contributed by atoms with Gasteiger partial charge in [0.05, 0.1) is 18.0 Å². The monoisotopic (exact) mass is 294 g/mol. The highest BCUT2D eigenvalue weighted by Crippen LogP contribution is 2.11. The zero-order chi connectivity index (χ0) is 12.6. The number of nitrogens with zero attached hydrogens (tertiary/aromatic N) is 1. The van der Waals surface area contributed by atoms with Crippen LogP contribution in [0.2, 0.25) is 0 Å². The van der Waals surface area contributed by atoms with E-state index < -0.39 is 0 Å². The maximum absolute atomic E-state index is 11.5. The first kappa shape index (κ1) is 15.9. The molecule has 0 aliphatic heterocycles. The van der Waals surface area contributed by atoms with Gasteiger partial charge in [0.1, 0.15) is 0 Å². The average Bonchev–Trinajstić information content (AvgIpc) is 2.21. The SMILES string of the molecule is CC(C)C(Br)C(=O)NCCOCCN(C)C. The van der Waals surface area contributed by atoms with E-state index in [4.69, 9.17) is 4.74 Å². The summed E-state index contributed by atoms with van der Waals surface area (Å²) >= 11 is 3.35. The molecular formula is C11H23BrN2O2. The lowest BCUT2D eigenvalue weighted by atomic mass is 10.1. The molecule has 0 saturated carbocycles. The van der Waals surface area contributed by atoms with Gasteiger partial charge < -0.3 is 15.0 Å². The quantitative estimate of drug-likeness (QED) is 0.538. The Hall–Kier alpha value is -0.130. The first-order chi connectivity index (χ1) is 7.45. The molecule has 96 valence electrons. The zero-order valence-electron chi connectivity index (χ0n) is 10.6. The summed E-state index contributed by atoms with van der Waals surface area (Å²) in [5, 5.41) is 2.83. The summed E-state index contributed by atoms with van der Waals surface area (Å²) < 4.78 is 5.36. The molecule has 0 saturated heterocycles. The maximum Gasteiger partial charge on any atom is 0.234 e. The fourth-order valence-electron chi connectivity index (χ4n) is 0.996. The number of ether oxygens (including phenoxy) is 1.